The molecule has 1 N–H and O–H groups in total. The predicted molar refractivity (Wildman–Crippen MR) is 127 cm³/mol. The van der Waals surface area contributed by atoms with E-state index in [4.69, 9.17) is 0 Å². The van der Waals surface area contributed by atoms with Crippen molar-refractivity contribution in [3.8, 4) is 0 Å². The minimum Gasteiger partial charge on any atom is -0.352 e. The van der Waals surface area contributed by atoms with E-state index >= 15 is 0 Å². The zero-order chi connectivity index (χ0) is 22.7. The molecule has 0 aromatic heterocycles. The number of nitrogens with one attached hydrogen (secondary N) is 1. The molecular formula is C28H22N2O3. The Labute approximate surface area is 191 Å². The Balaban J connectivity index is 1.67. The van der Waals surface area contributed by atoms with Gasteiger partial charge in [-0.2, -0.15) is 0 Å². The molecule has 0 aliphatic carbocycles. The molecule has 1 fully saturated rings. The second-order valence-electron chi connectivity index (χ2n) is 8.90. The molecule has 5 heteroatoms. The monoisotopic (exact) mass is 434 g/mol. The van der Waals surface area contributed by atoms with E-state index in [-0.39, 0.29) is 17.5 Å². The van der Waals surface area contributed by atoms with Crippen molar-refractivity contribution in [3.05, 3.63) is 102 Å². The number of Topliss-reactive ketones (excluding diaryl/α,β-unsaturated/α-hetero) is 2. The molecule has 3 heterocycles. The summed E-state index contributed by atoms with van der Waals surface area (Å²) in [6, 6.07) is 23.1. The van der Waals surface area contributed by atoms with E-state index in [1.54, 1.807) is 12.1 Å². The molecule has 0 bridgehead atoms. The average molecular weight is 434 g/mol. The first kappa shape index (κ1) is 19.7. The van der Waals surface area contributed by atoms with E-state index in [9.17, 15) is 14.4 Å². The van der Waals surface area contributed by atoms with Crippen LogP contribution in [0.5, 0.6) is 0 Å². The maximum absolute atomic E-state index is 14.2. The number of amides is 1. The van der Waals surface area contributed by atoms with Crippen LogP contribution in [-0.4, -0.2) is 29.6 Å². The fourth-order valence-electron chi connectivity index (χ4n) is 6.05. The van der Waals surface area contributed by atoms with Crippen LogP contribution in [0.2, 0.25) is 0 Å². The van der Waals surface area contributed by atoms with Gasteiger partial charge in [0.15, 0.2) is 11.6 Å². The quantitative estimate of drug-likeness (QED) is 0.626. The van der Waals surface area contributed by atoms with Gasteiger partial charge >= 0.3 is 0 Å². The van der Waals surface area contributed by atoms with Crippen molar-refractivity contribution < 1.29 is 14.4 Å². The van der Waals surface area contributed by atoms with Gasteiger partial charge in [0.2, 0.25) is 5.91 Å². The van der Waals surface area contributed by atoms with E-state index in [1.807, 2.05) is 83.8 Å². The van der Waals surface area contributed by atoms with Crippen LogP contribution >= 0.6 is 0 Å². The maximum Gasteiger partial charge on any atom is 0.238 e. The van der Waals surface area contributed by atoms with Gasteiger partial charge in [-0.15, -0.1) is 0 Å². The summed E-state index contributed by atoms with van der Waals surface area (Å²) < 4.78 is 0. The SMILES string of the molecule is CC(=O)[C@H]1[C@@H](C(=O)c2ccccc2)[C@]2(C(=O)Nc3ccccc32)[C@H]2C=Cc3ccccc3N12. The third-order valence-electron chi connectivity index (χ3n) is 7.30. The van der Waals surface area contributed by atoms with E-state index in [2.05, 4.69) is 5.32 Å². The number of rotatable bonds is 3. The van der Waals surface area contributed by atoms with Gasteiger partial charge in [0.1, 0.15) is 5.41 Å². The first-order chi connectivity index (χ1) is 16.0. The Morgan fingerprint density at radius 3 is 2.39 bits per heavy atom. The van der Waals surface area contributed by atoms with Crippen LogP contribution in [0.3, 0.4) is 0 Å². The average Bonchev–Trinajstić information content (AvgIpc) is 3.32. The molecule has 0 unspecified atom stereocenters. The first-order valence-electron chi connectivity index (χ1n) is 11.1. The van der Waals surface area contributed by atoms with Gasteiger partial charge in [0.05, 0.1) is 18.0 Å². The number of nitrogens with zero attached hydrogens (tertiary/aromatic N) is 1. The number of carbonyl (C=O) groups is 3. The summed E-state index contributed by atoms with van der Waals surface area (Å²) >= 11 is 0. The summed E-state index contributed by atoms with van der Waals surface area (Å²) in [5, 5.41) is 3.02. The lowest BCUT2D eigenvalue weighted by molar-refractivity contribution is -0.122. The van der Waals surface area contributed by atoms with E-state index in [0.29, 0.717) is 11.3 Å². The topological polar surface area (TPSA) is 66.5 Å². The van der Waals surface area contributed by atoms with E-state index in [0.717, 1.165) is 16.8 Å². The van der Waals surface area contributed by atoms with Crippen molar-refractivity contribution in [1.82, 2.24) is 0 Å². The molecule has 1 saturated heterocycles. The summed E-state index contributed by atoms with van der Waals surface area (Å²) in [4.78, 5) is 43.3. The number of para-hydroxylation sites is 2. The number of hydrogen-bond acceptors (Lipinski definition) is 4. The summed E-state index contributed by atoms with van der Waals surface area (Å²) in [7, 11) is 0. The van der Waals surface area contributed by atoms with Crippen LogP contribution in [-0.2, 0) is 15.0 Å². The van der Waals surface area contributed by atoms with Crippen molar-refractivity contribution in [2.24, 2.45) is 5.92 Å². The second kappa shape index (κ2) is 7.01. The van der Waals surface area contributed by atoms with Crippen LogP contribution in [0.25, 0.3) is 6.08 Å². The fraction of sp³-hybridized carbons (Fsp3) is 0.179. The lowest BCUT2D eigenvalue weighted by atomic mass is 9.64. The molecular weight excluding hydrogens is 412 g/mol. The molecule has 33 heavy (non-hydrogen) atoms. The van der Waals surface area contributed by atoms with Crippen LogP contribution in [0.15, 0.2) is 84.9 Å². The van der Waals surface area contributed by atoms with Gasteiger partial charge < -0.3 is 10.2 Å². The predicted octanol–water partition coefficient (Wildman–Crippen LogP) is 4.25. The third-order valence-corrected chi connectivity index (χ3v) is 7.30. The lowest BCUT2D eigenvalue weighted by Crippen LogP contribution is -2.51. The molecule has 4 atom stereocenters. The highest BCUT2D eigenvalue weighted by atomic mass is 16.2. The van der Waals surface area contributed by atoms with Crippen molar-refractivity contribution in [1.29, 1.82) is 0 Å². The van der Waals surface area contributed by atoms with Gasteiger partial charge in [-0.25, -0.2) is 0 Å². The van der Waals surface area contributed by atoms with E-state index < -0.39 is 23.4 Å². The highest BCUT2D eigenvalue weighted by Crippen LogP contribution is 2.57. The van der Waals surface area contributed by atoms with Gasteiger partial charge in [0.25, 0.3) is 0 Å². The summed E-state index contributed by atoms with van der Waals surface area (Å²) in [5.74, 6) is -1.43. The van der Waals surface area contributed by atoms with Crippen LogP contribution in [0.4, 0.5) is 11.4 Å². The normalized spacial score (nSPS) is 26.5. The molecule has 5 nitrogen and oxygen atoms in total. The summed E-state index contributed by atoms with van der Waals surface area (Å²) in [6.07, 6.45) is 3.98. The highest BCUT2D eigenvalue weighted by molar-refractivity contribution is 6.16. The Morgan fingerprint density at radius 1 is 0.909 bits per heavy atom. The standard InChI is InChI=1S/C28H22N2O3/c1-17(31)25-24(26(32)19-10-3-2-4-11-19)28(20-12-6-7-13-21(20)29-27(28)33)23-16-15-18-9-5-8-14-22(18)30(23)25/h2-16,23-25H,1H3,(H,29,33)/t23-,24+,25+,28-/m1/s1. The molecule has 1 amide bonds. The highest BCUT2D eigenvalue weighted by Gasteiger charge is 2.69. The van der Waals surface area contributed by atoms with Crippen molar-refractivity contribution in [3.63, 3.8) is 0 Å². The zero-order valence-corrected chi connectivity index (χ0v) is 18.1. The molecule has 162 valence electrons. The smallest absolute Gasteiger partial charge is 0.238 e. The number of carbonyl (C=O) groups excluding carboxylic acids is 3. The number of ketones is 2. The zero-order valence-electron chi connectivity index (χ0n) is 18.1. The van der Waals surface area contributed by atoms with Crippen molar-refractivity contribution in [2.75, 3.05) is 10.2 Å². The van der Waals surface area contributed by atoms with Crippen molar-refractivity contribution in [2.45, 2.75) is 24.4 Å². The lowest BCUT2D eigenvalue weighted by Gasteiger charge is -2.37. The molecule has 1 spiro atoms. The second-order valence-corrected chi connectivity index (χ2v) is 8.90. The fourth-order valence-corrected chi connectivity index (χ4v) is 6.05. The third kappa shape index (κ3) is 2.50. The van der Waals surface area contributed by atoms with Gasteiger partial charge in [0, 0.05) is 16.9 Å². The van der Waals surface area contributed by atoms with E-state index in [1.165, 1.54) is 6.92 Å². The van der Waals surface area contributed by atoms with Crippen molar-refractivity contribution >= 4 is 34.9 Å². The largest absolute Gasteiger partial charge is 0.352 e. The first-order valence-corrected chi connectivity index (χ1v) is 11.1. The number of hydrogen-bond donors (Lipinski definition) is 1. The minimum atomic E-state index is -1.22. The summed E-state index contributed by atoms with van der Waals surface area (Å²) in [5.41, 5.74) is 2.59. The minimum absolute atomic E-state index is 0.131. The van der Waals surface area contributed by atoms with Crippen LogP contribution < -0.4 is 10.2 Å². The Morgan fingerprint density at radius 2 is 1.61 bits per heavy atom. The molecule has 3 aliphatic rings. The van der Waals surface area contributed by atoms with Gasteiger partial charge in [-0.3, -0.25) is 14.4 Å². The number of benzene rings is 3. The summed E-state index contributed by atoms with van der Waals surface area (Å²) in [6.45, 7) is 1.52. The molecule has 3 aromatic carbocycles. The number of anilines is 2. The Kier molecular flexibility index (Phi) is 4.18. The number of fused-ring (bicyclic) bond motifs is 6. The van der Waals surface area contributed by atoms with Crippen LogP contribution in [0.1, 0.15) is 28.4 Å². The molecule has 6 rings (SSSR count). The molecule has 3 aromatic rings. The van der Waals surface area contributed by atoms with Crippen LogP contribution in [0, 0.1) is 5.92 Å². The molecule has 0 saturated carbocycles. The molecule has 0 radical (unpaired) electrons. The Hall–Kier alpha value is -3.99. The molecule has 3 aliphatic heterocycles. The maximum atomic E-state index is 14.2. The van der Waals surface area contributed by atoms with Gasteiger partial charge in [-0.05, 0) is 30.2 Å². The Bertz CT molecular complexity index is 1350. The van der Waals surface area contributed by atoms with Gasteiger partial charge in [-0.1, -0.05) is 78.9 Å².